The summed E-state index contributed by atoms with van der Waals surface area (Å²) in [6.07, 6.45) is 6.95. The van der Waals surface area contributed by atoms with E-state index in [0.29, 0.717) is 6.54 Å². The molecule has 0 radical (unpaired) electrons. The first kappa shape index (κ1) is 17.0. The monoisotopic (exact) mass is 302 g/mol. The number of anilines is 1. The molecule has 0 atom stereocenters. The van der Waals surface area contributed by atoms with Crippen LogP contribution in [0.15, 0.2) is 18.2 Å². The number of hydrogen-bond donors (Lipinski definition) is 1. The van der Waals surface area contributed by atoms with Crippen molar-refractivity contribution in [3.05, 3.63) is 29.3 Å². The highest BCUT2D eigenvalue weighted by Gasteiger charge is 2.15. The normalized spacial score (nSPS) is 13.8. The fourth-order valence-corrected chi connectivity index (χ4v) is 2.98. The molecule has 1 aliphatic heterocycles. The van der Waals surface area contributed by atoms with Crippen molar-refractivity contribution in [2.45, 2.75) is 52.4 Å². The van der Waals surface area contributed by atoms with E-state index in [9.17, 15) is 4.79 Å². The van der Waals surface area contributed by atoms with Gasteiger partial charge >= 0.3 is 0 Å². The second-order valence-electron chi connectivity index (χ2n) is 6.31. The summed E-state index contributed by atoms with van der Waals surface area (Å²) < 4.78 is 0. The average molecular weight is 302 g/mol. The Morgan fingerprint density at radius 3 is 2.59 bits per heavy atom. The highest BCUT2D eigenvalue weighted by atomic mass is 16.1. The van der Waals surface area contributed by atoms with E-state index in [2.05, 4.69) is 36.2 Å². The molecule has 1 aromatic carbocycles. The molecule has 1 aromatic rings. The smallest absolute Gasteiger partial charge is 0.176 e. The quantitative estimate of drug-likeness (QED) is 0.696. The lowest BCUT2D eigenvalue weighted by atomic mass is 9.99. The Kier molecular flexibility index (Phi) is 6.91. The second kappa shape index (κ2) is 8.94. The van der Waals surface area contributed by atoms with Crippen molar-refractivity contribution in [3.8, 4) is 0 Å². The van der Waals surface area contributed by atoms with E-state index in [1.54, 1.807) is 0 Å². The zero-order valence-electron chi connectivity index (χ0n) is 14.2. The molecule has 0 aliphatic carbocycles. The molecule has 0 aromatic heterocycles. The Morgan fingerprint density at radius 1 is 1.18 bits per heavy atom. The Hall–Kier alpha value is -1.35. The summed E-state index contributed by atoms with van der Waals surface area (Å²) in [4.78, 5) is 14.9. The highest BCUT2D eigenvalue weighted by molar-refractivity contribution is 5.98. The van der Waals surface area contributed by atoms with Gasteiger partial charge in [0.15, 0.2) is 5.78 Å². The Morgan fingerprint density at radius 2 is 1.91 bits per heavy atom. The van der Waals surface area contributed by atoms with Crippen molar-refractivity contribution in [2.24, 2.45) is 0 Å². The van der Waals surface area contributed by atoms with Crippen LogP contribution in [0, 0.1) is 0 Å². The number of ketones is 1. The van der Waals surface area contributed by atoms with Gasteiger partial charge in [-0.05, 0) is 62.5 Å². The predicted molar refractivity (Wildman–Crippen MR) is 93.8 cm³/mol. The van der Waals surface area contributed by atoms with Crippen LogP contribution in [0.25, 0.3) is 0 Å². The van der Waals surface area contributed by atoms with Gasteiger partial charge < -0.3 is 5.32 Å². The number of carbonyl (C=O) groups is 1. The van der Waals surface area contributed by atoms with Crippen LogP contribution in [0.3, 0.4) is 0 Å². The summed E-state index contributed by atoms with van der Waals surface area (Å²) in [7, 11) is 0. The number of aryl methyl sites for hydroxylation is 1. The fraction of sp³-hybridized carbons (Fsp3) is 0.632. The number of rotatable bonds is 9. The molecule has 0 unspecified atom stereocenters. The number of carbonyl (C=O) groups excluding carboxylic acids is 1. The van der Waals surface area contributed by atoms with Gasteiger partial charge in [-0.25, -0.2) is 0 Å². The Labute approximate surface area is 135 Å². The lowest BCUT2D eigenvalue weighted by molar-refractivity contribution is 0.0928. The minimum Gasteiger partial charge on any atom is -0.385 e. The number of fused-ring (bicyclic) bond motifs is 1. The van der Waals surface area contributed by atoms with Gasteiger partial charge in [-0.3, -0.25) is 9.69 Å². The Bertz CT molecular complexity index is 476. The SMILES string of the molecule is CCCCN(CCCC)CC(=O)c1ccc2c(c1)CCCN2. The highest BCUT2D eigenvalue weighted by Crippen LogP contribution is 2.23. The molecular formula is C19H30N2O. The van der Waals surface area contributed by atoms with E-state index < -0.39 is 0 Å². The lowest BCUT2D eigenvalue weighted by Crippen LogP contribution is -2.32. The molecule has 1 N–H and O–H groups in total. The van der Waals surface area contributed by atoms with Crippen molar-refractivity contribution in [2.75, 3.05) is 31.5 Å². The van der Waals surface area contributed by atoms with Gasteiger partial charge in [-0.2, -0.15) is 0 Å². The van der Waals surface area contributed by atoms with Gasteiger partial charge in [0.05, 0.1) is 6.54 Å². The van der Waals surface area contributed by atoms with E-state index in [-0.39, 0.29) is 5.78 Å². The third-order valence-electron chi connectivity index (χ3n) is 4.39. The standard InChI is InChI=1S/C19H30N2O/c1-3-5-12-21(13-6-4-2)15-19(22)17-9-10-18-16(14-17)8-7-11-20-18/h9-10,14,20H,3-8,11-13,15H2,1-2H3. The van der Waals surface area contributed by atoms with E-state index in [4.69, 9.17) is 0 Å². The third-order valence-corrected chi connectivity index (χ3v) is 4.39. The molecule has 0 saturated heterocycles. The molecule has 0 bridgehead atoms. The van der Waals surface area contributed by atoms with Crippen LogP contribution in [0.2, 0.25) is 0 Å². The van der Waals surface area contributed by atoms with Gasteiger partial charge in [0.25, 0.3) is 0 Å². The number of benzene rings is 1. The summed E-state index contributed by atoms with van der Waals surface area (Å²) in [5, 5.41) is 3.40. The first-order valence-corrected chi connectivity index (χ1v) is 8.87. The van der Waals surface area contributed by atoms with E-state index in [0.717, 1.165) is 38.0 Å². The molecule has 1 heterocycles. The molecule has 3 nitrogen and oxygen atoms in total. The number of nitrogens with zero attached hydrogens (tertiary/aromatic N) is 1. The zero-order valence-corrected chi connectivity index (χ0v) is 14.2. The number of hydrogen-bond acceptors (Lipinski definition) is 3. The minimum absolute atomic E-state index is 0.264. The van der Waals surface area contributed by atoms with Gasteiger partial charge in [0.2, 0.25) is 0 Å². The van der Waals surface area contributed by atoms with Crippen LogP contribution in [-0.4, -0.2) is 36.9 Å². The molecule has 22 heavy (non-hydrogen) atoms. The van der Waals surface area contributed by atoms with Crippen LogP contribution in [0.1, 0.15) is 61.9 Å². The zero-order chi connectivity index (χ0) is 15.8. The maximum atomic E-state index is 12.6. The molecule has 2 rings (SSSR count). The predicted octanol–water partition coefficient (Wildman–Crippen LogP) is 4.13. The van der Waals surface area contributed by atoms with Crippen LogP contribution in [0.5, 0.6) is 0 Å². The van der Waals surface area contributed by atoms with Crippen molar-refractivity contribution in [3.63, 3.8) is 0 Å². The lowest BCUT2D eigenvalue weighted by Gasteiger charge is -2.22. The molecule has 0 fully saturated rings. The average Bonchev–Trinajstić information content (AvgIpc) is 2.56. The first-order chi connectivity index (χ1) is 10.7. The molecule has 3 heteroatoms. The Balaban J connectivity index is 1.99. The topological polar surface area (TPSA) is 32.3 Å². The molecule has 0 saturated carbocycles. The van der Waals surface area contributed by atoms with E-state index >= 15 is 0 Å². The minimum atomic E-state index is 0.264. The van der Waals surface area contributed by atoms with Gasteiger partial charge in [0, 0.05) is 17.8 Å². The second-order valence-corrected chi connectivity index (χ2v) is 6.31. The number of nitrogens with one attached hydrogen (secondary N) is 1. The summed E-state index contributed by atoms with van der Waals surface area (Å²) >= 11 is 0. The molecule has 0 spiro atoms. The maximum Gasteiger partial charge on any atom is 0.176 e. The summed E-state index contributed by atoms with van der Waals surface area (Å²) in [6, 6.07) is 6.16. The van der Waals surface area contributed by atoms with E-state index in [1.165, 1.54) is 36.9 Å². The summed E-state index contributed by atoms with van der Waals surface area (Å²) in [5.74, 6) is 0.264. The first-order valence-electron chi connectivity index (χ1n) is 8.87. The van der Waals surface area contributed by atoms with Crippen molar-refractivity contribution >= 4 is 11.5 Å². The van der Waals surface area contributed by atoms with Crippen molar-refractivity contribution in [1.82, 2.24) is 4.90 Å². The molecular weight excluding hydrogens is 272 g/mol. The van der Waals surface area contributed by atoms with Crippen LogP contribution >= 0.6 is 0 Å². The summed E-state index contributed by atoms with van der Waals surface area (Å²) in [5.41, 5.74) is 3.38. The van der Waals surface area contributed by atoms with Crippen molar-refractivity contribution < 1.29 is 4.79 Å². The molecule has 0 amide bonds. The van der Waals surface area contributed by atoms with Crippen LogP contribution in [-0.2, 0) is 6.42 Å². The van der Waals surface area contributed by atoms with Crippen LogP contribution < -0.4 is 5.32 Å². The van der Waals surface area contributed by atoms with E-state index in [1.807, 2.05) is 6.07 Å². The van der Waals surface area contributed by atoms with Gasteiger partial charge in [0.1, 0.15) is 0 Å². The van der Waals surface area contributed by atoms with Crippen molar-refractivity contribution in [1.29, 1.82) is 0 Å². The molecule has 122 valence electrons. The van der Waals surface area contributed by atoms with Crippen LogP contribution in [0.4, 0.5) is 5.69 Å². The summed E-state index contributed by atoms with van der Waals surface area (Å²) in [6.45, 7) is 8.09. The third kappa shape index (κ3) is 4.84. The van der Waals surface area contributed by atoms with Gasteiger partial charge in [-0.1, -0.05) is 26.7 Å². The molecule has 1 aliphatic rings. The largest absolute Gasteiger partial charge is 0.385 e. The maximum absolute atomic E-state index is 12.6. The number of unbranched alkanes of at least 4 members (excludes halogenated alkanes) is 2. The number of Topliss-reactive ketones (excluding diaryl/α,β-unsaturated/α-hetero) is 1. The fourth-order valence-electron chi connectivity index (χ4n) is 2.98. The van der Waals surface area contributed by atoms with Gasteiger partial charge in [-0.15, -0.1) is 0 Å².